The molecule has 0 saturated heterocycles. The molecule has 1 atom stereocenters. The summed E-state index contributed by atoms with van der Waals surface area (Å²) in [6.45, 7) is -0.322. The van der Waals surface area contributed by atoms with Crippen LogP contribution >= 0.6 is 11.3 Å². The number of amides is 1. The number of carboxylic acids is 1. The fourth-order valence-corrected chi connectivity index (χ4v) is 2.33. The Hall–Kier alpha value is -2.12. The Morgan fingerprint density at radius 1 is 1.37 bits per heavy atom. The quantitative estimate of drug-likeness (QED) is 0.752. The first-order valence-corrected chi connectivity index (χ1v) is 6.37. The summed E-state index contributed by atoms with van der Waals surface area (Å²) in [5.41, 5.74) is 0.720. The first-order valence-electron chi connectivity index (χ1n) is 5.49. The Balaban J connectivity index is 2.08. The maximum atomic E-state index is 11.9. The van der Waals surface area contributed by atoms with Crippen LogP contribution < -0.4 is 5.32 Å². The zero-order valence-corrected chi connectivity index (χ0v) is 10.6. The number of carbonyl (C=O) groups excluding carboxylic acids is 1. The molecule has 7 heteroatoms. The van der Waals surface area contributed by atoms with Crippen molar-refractivity contribution in [1.29, 1.82) is 0 Å². The Kier molecular flexibility index (Phi) is 3.98. The molecule has 0 aromatic carbocycles. The van der Waals surface area contributed by atoms with E-state index in [9.17, 15) is 9.59 Å². The highest BCUT2D eigenvalue weighted by Gasteiger charge is 2.18. The standard InChI is InChI=1S/C12H12N2O4S/c15-9(12(17)18)7-13-11(16)10-8(3-6-19-10)14-4-1-2-5-14/h1-6,9,15H,7H2,(H,13,16)(H,17,18)/t9-/m0/s1. The van der Waals surface area contributed by atoms with Crippen molar-refractivity contribution in [3.63, 3.8) is 0 Å². The summed E-state index contributed by atoms with van der Waals surface area (Å²) in [6.07, 6.45) is 2.02. The number of aliphatic hydroxyl groups excluding tert-OH is 1. The molecule has 0 fully saturated rings. The van der Waals surface area contributed by atoms with Gasteiger partial charge in [-0.05, 0) is 23.6 Å². The fraction of sp³-hybridized carbons (Fsp3) is 0.167. The molecule has 100 valence electrons. The molecule has 2 aromatic heterocycles. The van der Waals surface area contributed by atoms with Gasteiger partial charge in [0.25, 0.3) is 5.91 Å². The van der Waals surface area contributed by atoms with Crippen LogP contribution in [0.15, 0.2) is 36.0 Å². The van der Waals surface area contributed by atoms with Crippen molar-refractivity contribution < 1.29 is 19.8 Å². The molecule has 2 heterocycles. The maximum Gasteiger partial charge on any atom is 0.334 e. The number of thiophene rings is 1. The molecule has 0 spiro atoms. The molecule has 0 saturated carbocycles. The Morgan fingerprint density at radius 2 is 2.05 bits per heavy atom. The molecule has 2 aromatic rings. The van der Waals surface area contributed by atoms with Crippen LogP contribution in [0.4, 0.5) is 0 Å². The van der Waals surface area contributed by atoms with Crippen LogP contribution in [0.25, 0.3) is 5.69 Å². The SMILES string of the molecule is O=C(NC[C@H](O)C(=O)O)c1sccc1-n1cccc1. The van der Waals surface area contributed by atoms with E-state index in [0.29, 0.717) is 4.88 Å². The highest BCUT2D eigenvalue weighted by atomic mass is 32.1. The summed E-state index contributed by atoms with van der Waals surface area (Å²) < 4.78 is 1.79. The zero-order valence-electron chi connectivity index (χ0n) is 9.81. The summed E-state index contributed by atoms with van der Waals surface area (Å²) >= 11 is 1.25. The maximum absolute atomic E-state index is 11.9. The largest absolute Gasteiger partial charge is 0.479 e. The van der Waals surface area contributed by atoms with Gasteiger partial charge in [-0.2, -0.15) is 0 Å². The first kappa shape index (κ1) is 13.3. The van der Waals surface area contributed by atoms with E-state index in [1.165, 1.54) is 11.3 Å². The average molecular weight is 280 g/mol. The van der Waals surface area contributed by atoms with Crippen LogP contribution in [0.3, 0.4) is 0 Å². The normalized spacial score (nSPS) is 12.1. The highest BCUT2D eigenvalue weighted by Crippen LogP contribution is 2.21. The van der Waals surface area contributed by atoms with Crippen LogP contribution in [0.5, 0.6) is 0 Å². The van der Waals surface area contributed by atoms with Crippen LogP contribution in [-0.4, -0.2) is 39.3 Å². The van der Waals surface area contributed by atoms with E-state index in [-0.39, 0.29) is 6.54 Å². The predicted octanol–water partition coefficient (Wildman–Crippen LogP) is 0.714. The van der Waals surface area contributed by atoms with Gasteiger partial charge < -0.3 is 20.1 Å². The molecule has 0 aliphatic carbocycles. The molecule has 19 heavy (non-hydrogen) atoms. The average Bonchev–Trinajstić information content (AvgIpc) is 3.04. The minimum atomic E-state index is -1.60. The predicted molar refractivity (Wildman–Crippen MR) is 69.6 cm³/mol. The molecule has 0 radical (unpaired) electrons. The summed E-state index contributed by atoms with van der Waals surface area (Å²) in [4.78, 5) is 22.8. The minimum Gasteiger partial charge on any atom is -0.479 e. The van der Waals surface area contributed by atoms with Crippen LogP contribution in [0.2, 0.25) is 0 Å². The third-order valence-corrected chi connectivity index (χ3v) is 3.38. The van der Waals surface area contributed by atoms with E-state index < -0.39 is 18.0 Å². The van der Waals surface area contributed by atoms with Crippen LogP contribution in [0, 0.1) is 0 Å². The number of carboxylic acid groups (broad SMARTS) is 1. The number of hydrogen-bond donors (Lipinski definition) is 3. The third-order valence-electron chi connectivity index (χ3n) is 2.47. The van der Waals surface area contributed by atoms with E-state index in [0.717, 1.165) is 5.69 Å². The van der Waals surface area contributed by atoms with E-state index in [1.54, 1.807) is 16.0 Å². The number of aromatic nitrogens is 1. The van der Waals surface area contributed by atoms with Crippen molar-refractivity contribution in [2.75, 3.05) is 6.54 Å². The number of rotatable bonds is 5. The fourth-order valence-electron chi connectivity index (χ4n) is 1.53. The van der Waals surface area contributed by atoms with Crippen molar-refractivity contribution >= 4 is 23.2 Å². The second kappa shape index (κ2) is 5.68. The number of nitrogens with one attached hydrogen (secondary N) is 1. The van der Waals surface area contributed by atoms with Crippen LogP contribution in [-0.2, 0) is 4.79 Å². The number of aliphatic hydroxyl groups is 1. The minimum absolute atomic E-state index is 0.322. The van der Waals surface area contributed by atoms with E-state index in [4.69, 9.17) is 10.2 Å². The molecule has 0 unspecified atom stereocenters. The van der Waals surface area contributed by atoms with Gasteiger partial charge in [-0.15, -0.1) is 11.3 Å². The summed E-state index contributed by atoms with van der Waals surface area (Å²) in [6, 6.07) is 5.48. The molecule has 3 N–H and O–H groups in total. The summed E-state index contributed by atoms with van der Waals surface area (Å²) in [5.74, 6) is -1.77. The summed E-state index contributed by atoms with van der Waals surface area (Å²) in [7, 11) is 0. The highest BCUT2D eigenvalue weighted by molar-refractivity contribution is 7.12. The Bertz CT molecular complexity index is 576. The van der Waals surface area contributed by atoms with Crippen molar-refractivity contribution in [2.24, 2.45) is 0 Å². The first-order chi connectivity index (χ1) is 9.09. The van der Waals surface area contributed by atoms with E-state index >= 15 is 0 Å². The second-order valence-electron chi connectivity index (χ2n) is 3.79. The van der Waals surface area contributed by atoms with Gasteiger partial charge in [0.15, 0.2) is 6.10 Å². The van der Waals surface area contributed by atoms with Gasteiger partial charge in [0, 0.05) is 12.4 Å². The number of nitrogens with zero attached hydrogens (tertiary/aromatic N) is 1. The molecule has 0 bridgehead atoms. The number of carbonyl (C=O) groups is 2. The lowest BCUT2D eigenvalue weighted by atomic mass is 10.3. The monoisotopic (exact) mass is 280 g/mol. The lowest BCUT2D eigenvalue weighted by Gasteiger charge is -2.08. The zero-order chi connectivity index (χ0) is 13.8. The molecule has 0 aliphatic rings. The van der Waals surface area contributed by atoms with E-state index in [1.807, 2.05) is 24.5 Å². The van der Waals surface area contributed by atoms with Crippen molar-refractivity contribution in [1.82, 2.24) is 9.88 Å². The van der Waals surface area contributed by atoms with Crippen molar-refractivity contribution in [2.45, 2.75) is 6.10 Å². The molecule has 0 aliphatic heterocycles. The molecule has 1 amide bonds. The molecule has 2 rings (SSSR count). The van der Waals surface area contributed by atoms with Gasteiger partial charge in [0.1, 0.15) is 4.88 Å². The molecule has 6 nitrogen and oxygen atoms in total. The summed E-state index contributed by atoms with van der Waals surface area (Å²) in [5, 5.41) is 21.8. The lowest BCUT2D eigenvalue weighted by Crippen LogP contribution is -2.36. The number of aliphatic carboxylic acids is 1. The van der Waals surface area contributed by atoms with Gasteiger partial charge in [-0.1, -0.05) is 0 Å². The third kappa shape index (κ3) is 3.01. The van der Waals surface area contributed by atoms with E-state index in [2.05, 4.69) is 5.32 Å². The topological polar surface area (TPSA) is 91.6 Å². The van der Waals surface area contributed by atoms with Gasteiger partial charge in [0.2, 0.25) is 0 Å². The molecular formula is C12H12N2O4S. The van der Waals surface area contributed by atoms with Crippen molar-refractivity contribution in [3.8, 4) is 5.69 Å². The van der Waals surface area contributed by atoms with Gasteiger partial charge >= 0.3 is 5.97 Å². The van der Waals surface area contributed by atoms with Gasteiger partial charge in [-0.25, -0.2) is 4.79 Å². The van der Waals surface area contributed by atoms with Gasteiger partial charge in [-0.3, -0.25) is 4.79 Å². The number of hydrogen-bond acceptors (Lipinski definition) is 4. The van der Waals surface area contributed by atoms with Crippen molar-refractivity contribution in [3.05, 3.63) is 40.8 Å². The van der Waals surface area contributed by atoms with Crippen LogP contribution in [0.1, 0.15) is 9.67 Å². The van der Waals surface area contributed by atoms with Gasteiger partial charge in [0.05, 0.1) is 12.2 Å². The lowest BCUT2D eigenvalue weighted by molar-refractivity contribution is -0.146. The Morgan fingerprint density at radius 3 is 2.68 bits per heavy atom. The smallest absolute Gasteiger partial charge is 0.334 e. The second-order valence-corrected chi connectivity index (χ2v) is 4.71. The molecular weight excluding hydrogens is 268 g/mol. The Labute approximate surface area is 112 Å².